The third-order valence-corrected chi connectivity index (χ3v) is 9.97. The molecule has 0 unspecified atom stereocenters. The topological polar surface area (TPSA) is 106 Å². The first kappa shape index (κ1) is 27.1. The molecule has 198 valence electrons. The molecule has 37 heavy (non-hydrogen) atoms. The molecule has 7 nitrogen and oxygen atoms in total. The van der Waals surface area contributed by atoms with Crippen molar-refractivity contribution in [1.29, 1.82) is 0 Å². The number of nitrogens with one attached hydrogen (secondary N) is 1. The molecule has 0 radical (unpaired) electrons. The second kappa shape index (κ2) is 10.4. The van der Waals surface area contributed by atoms with Crippen molar-refractivity contribution in [3.63, 3.8) is 0 Å². The van der Waals surface area contributed by atoms with Crippen LogP contribution in [0.25, 0.3) is 10.6 Å². The maximum Gasteiger partial charge on any atom is 0.338 e. The van der Waals surface area contributed by atoms with Gasteiger partial charge in [0.25, 0.3) is 10.0 Å². The van der Waals surface area contributed by atoms with Crippen molar-refractivity contribution in [1.82, 2.24) is 4.98 Å². The standard InChI is InChI=1S/C27H31FN2O5S2/c1-27(2,3)19-11-9-17(10-12-19)16-5-7-18(8-6-16)25-29-15-24(36-25)37(33,34)30-22-14-21(28)20(26(31)32)13-23(22)35-4/h5-8,13-15,17,19,30H,9-12H2,1-4H3,(H,31,32). The fourth-order valence-corrected chi connectivity index (χ4v) is 7.07. The Bertz CT molecular complexity index is 1390. The van der Waals surface area contributed by atoms with Crippen LogP contribution < -0.4 is 9.46 Å². The van der Waals surface area contributed by atoms with Crippen LogP contribution in [0.5, 0.6) is 5.75 Å². The highest BCUT2D eigenvalue weighted by molar-refractivity contribution is 7.94. The molecule has 0 aliphatic heterocycles. The average Bonchev–Trinajstić information content (AvgIpc) is 3.35. The smallest absolute Gasteiger partial charge is 0.338 e. The number of aromatic carboxylic acids is 1. The molecular weight excluding hydrogens is 515 g/mol. The molecule has 1 aromatic heterocycles. The quantitative estimate of drug-likeness (QED) is 0.339. The fourth-order valence-electron chi connectivity index (χ4n) is 4.87. The van der Waals surface area contributed by atoms with Crippen molar-refractivity contribution in [3.05, 3.63) is 59.5 Å². The van der Waals surface area contributed by atoms with Gasteiger partial charge in [0.2, 0.25) is 0 Å². The molecule has 0 saturated heterocycles. The number of nitrogens with zero attached hydrogens (tertiary/aromatic N) is 1. The van der Waals surface area contributed by atoms with Gasteiger partial charge in [0, 0.05) is 11.6 Å². The van der Waals surface area contributed by atoms with Gasteiger partial charge in [0.05, 0.1) is 24.6 Å². The Morgan fingerprint density at radius 3 is 2.35 bits per heavy atom. The summed E-state index contributed by atoms with van der Waals surface area (Å²) < 4.78 is 47.4. The van der Waals surface area contributed by atoms with E-state index in [1.54, 1.807) is 0 Å². The maximum absolute atomic E-state index is 14.2. The number of benzene rings is 2. The van der Waals surface area contributed by atoms with Gasteiger partial charge in [0.15, 0.2) is 4.21 Å². The van der Waals surface area contributed by atoms with E-state index in [1.165, 1.54) is 44.6 Å². The third-order valence-electron chi connectivity index (χ3n) is 7.09. The van der Waals surface area contributed by atoms with Crippen LogP contribution in [0, 0.1) is 17.2 Å². The van der Waals surface area contributed by atoms with Crippen molar-refractivity contribution in [3.8, 4) is 16.3 Å². The van der Waals surface area contributed by atoms with Gasteiger partial charge in [-0.2, -0.15) is 0 Å². The van der Waals surface area contributed by atoms with Gasteiger partial charge in [-0.1, -0.05) is 45.0 Å². The Morgan fingerprint density at radius 2 is 1.78 bits per heavy atom. The number of anilines is 1. The van der Waals surface area contributed by atoms with Gasteiger partial charge in [-0.15, -0.1) is 11.3 Å². The van der Waals surface area contributed by atoms with Gasteiger partial charge < -0.3 is 9.84 Å². The predicted molar refractivity (Wildman–Crippen MR) is 142 cm³/mol. The highest BCUT2D eigenvalue weighted by Gasteiger charge is 2.30. The molecule has 2 N–H and O–H groups in total. The van der Waals surface area contributed by atoms with E-state index in [0.717, 1.165) is 35.0 Å². The van der Waals surface area contributed by atoms with Crippen LogP contribution >= 0.6 is 11.3 Å². The molecule has 10 heteroatoms. The number of halogens is 1. The number of thiazole rings is 1. The van der Waals surface area contributed by atoms with Crippen LogP contribution in [0.2, 0.25) is 0 Å². The first-order chi connectivity index (χ1) is 17.4. The molecule has 3 aromatic rings. The van der Waals surface area contributed by atoms with E-state index in [2.05, 4.69) is 42.6 Å². The Labute approximate surface area is 220 Å². The summed E-state index contributed by atoms with van der Waals surface area (Å²) in [6.45, 7) is 6.94. The Kier molecular flexibility index (Phi) is 7.62. The summed E-state index contributed by atoms with van der Waals surface area (Å²) in [6.07, 6.45) is 6.04. The van der Waals surface area contributed by atoms with Crippen molar-refractivity contribution < 1.29 is 27.4 Å². The van der Waals surface area contributed by atoms with Crippen LogP contribution in [-0.2, 0) is 10.0 Å². The molecular formula is C27H31FN2O5S2. The minimum Gasteiger partial charge on any atom is -0.495 e. The van der Waals surface area contributed by atoms with Crippen LogP contribution in [-0.4, -0.2) is 31.6 Å². The average molecular weight is 547 g/mol. The zero-order valence-electron chi connectivity index (χ0n) is 21.2. The van der Waals surface area contributed by atoms with Crippen molar-refractivity contribution in [2.45, 2.75) is 56.6 Å². The Morgan fingerprint density at radius 1 is 1.14 bits per heavy atom. The summed E-state index contributed by atoms with van der Waals surface area (Å²) in [5, 5.41) is 9.63. The summed E-state index contributed by atoms with van der Waals surface area (Å²) in [7, 11) is -2.88. The molecule has 0 amide bonds. The minimum absolute atomic E-state index is 0.0585. The van der Waals surface area contributed by atoms with Gasteiger partial charge >= 0.3 is 5.97 Å². The van der Waals surface area contributed by atoms with Crippen molar-refractivity contribution in [2.24, 2.45) is 11.3 Å². The van der Waals surface area contributed by atoms with E-state index in [9.17, 15) is 17.6 Å². The lowest BCUT2D eigenvalue weighted by Crippen LogP contribution is -2.25. The highest BCUT2D eigenvalue weighted by Crippen LogP contribution is 2.43. The minimum atomic E-state index is -4.11. The molecule has 0 atom stereocenters. The summed E-state index contributed by atoms with van der Waals surface area (Å²) in [6, 6.07) is 9.86. The number of ether oxygens (including phenoxy) is 1. The predicted octanol–water partition coefficient (Wildman–Crippen LogP) is 6.78. The summed E-state index contributed by atoms with van der Waals surface area (Å²) >= 11 is 0.992. The lowest BCUT2D eigenvalue weighted by molar-refractivity contribution is 0.0691. The molecule has 1 saturated carbocycles. The number of sulfonamides is 1. The lowest BCUT2D eigenvalue weighted by atomic mass is 9.69. The molecule has 2 aromatic carbocycles. The molecule has 0 spiro atoms. The number of methoxy groups -OCH3 is 1. The number of rotatable bonds is 7. The molecule has 1 aliphatic carbocycles. The van der Waals surface area contributed by atoms with Crippen LogP contribution in [0.15, 0.2) is 46.8 Å². The fraction of sp³-hybridized carbons (Fsp3) is 0.407. The third kappa shape index (κ3) is 5.96. The van der Waals surface area contributed by atoms with E-state index >= 15 is 0 Å². The Balaban J connectivity index is 1.49. The number of hydrogen-bond acceptors (Lipinski definition) is 6. The number of carbonyl (C=O) groups is 1. The van der Waals surface area contributed by atoms with Crippen LogP contribution in [0.1, 0.15) is 68.3 Å². The molecule has 1 aliphatic rings. The molecule has 1 heterocycles. The van der Waals surface area contributed by atoms with Gasteiger partial charge in [-0.25, -0.2) is 22.6 Å². The van der Waals surface area contributed by atoms with Gasteiger partial charge in [0.1, 0.15) is 16.6 Å². The van der Waals surface area contributed by atoms with Crippen LogP contribution in [0.3, 0.4) is 0 Å². The second-order valence-electron chi connectivity index (χ2n) is 10.5. The van der Waals surface area contributed by atoms with E-state index < -0.39 is 27.4 Å². The molecule has 1 fully saturated rings. The van der Waals surface area contributed by atoms with E-state index in [-0.39, 0.29) is 15.6 Å². The molecule has 4 rings (SSSR count). The Hall–Kier alpha value is -2.98. The first-order valence-electron chi connectivity index (χ1n) is 12.1. The van der Waals surface area contributed by atoms with Crippen LogP contribution in [0.4, 0.5) is 10.1 Å². The van der Waals surface area contributed by atoms with Gasteiger partial charge in [-0.05, 0) is 54.6 Å². The van der Waals surface area contributed by atoms with Crippen molar-refractivity contribution >= 4 is 33.0 Å². The second-order valence-corrected chi connectivity index (χ2v) is 13.4. The highest BCUT2D eigenvalue weighted by atomic mass is 32.2. The monoisotopic (exact) mass is 546 g/mol. The van der Waals surface area contributed by atoms with Gasteiger partial charge in [-0.3, -0.25) is 4.72 Å². The SMILES string of the molecule is COc1cc(C(=O)O)c(F)cc1NS(=O)(=O)c1cnc(-c2ccc(C3CCC(C(C)(C)C)CC3)cc2)s1. The maximum atomic E-state index is 14.2. The molecule has 0 bridgehead atoms. The van der Waals surface area contributed by atoms with E-state index in [0.29, 0.717) is 16.3 Å². The largest absolute Gasteiger partial charge is 0.495 e. The van der Waals surface area contributed by atoms with E-state index in [4.69, 9.17) is 9.84 Å². The summed E-state index contributed by atoms with van der Waals surface area (Å²) in [5.74, 6) is -1.39. The number of carboxylic acid groups (broad SMARTS) is 1. The number of hydrogen-bond donors (Lipinski definition) is 2. The normalized spacial score (nSPS) is 18.4. The number of carboxylic acids is 1. The zero-order chi connectivity index (χ0) is 27.0. The summed E-state index contributed by atoms with van der Waals surface area (Å²) in [5.41, 5.74) is 1.62. The zero-order valence-corrected chi connectivity index (χ0v) is 22.9. The van der Waals surface area contributed by atoms with Crippen molar-refractivity contribution in [2.75, 3.05) is 11.8 Å². The summed E-state index contributed by atoms with van der Waals surface area (Å²) in [4.78, 5) is 15.5. The lowest BCUT2D eigenvalue weighted by Gasteiger charge is -2.37. The first-order valence-corrected chi connectivity index (χ1v) is 14.4. The van der Waals surface area contributed by atoms with E-state index in [1.807, 2.05) is 12.1 Å². The number of aromatic nitrogens is 1.